The van der Waals surface area contributed by atoms with Gasteiger partial charge in [-0.05, 0) is 6.92 Å². The molecule has 2 amide bonds. The SMILES string of the molecule is CC(=O)COCCNC(=O)COCCOCCNC(C)=O. The Morgan fingerprint density at radius 1 is 0.762 bits per heavy atom. The molecule has 8 nitrogen and oxygen atoms in total. The van der Waals surface area contributed by atoms with Crippen LogP contribution in [0.3, 0.4) is 0 Å². The molecule has 2 N–H and O–H groups in total. The van der Waals surface area contributed by atoms with E-state index in [2.05, 4.69) is 10.6 Å². The fraction of sp³-hybridized carbons (Fsp3) is 0.769. The van der Waals surface area contributed by atoms with Crippen molar-refractivity contribution >= 4 is 17.6 Å². The fourth-order valence-electron chi connectivity index (χ4n) is 1.21. The van der Waals surface area contributed by atoms with E-state index in [4.69, 9.17) is 14.2 Å². The summed E-state index contributed by atoms with van der Waals surface area (Å²) in [6.45, 7) is 5.02. The smallest absolute Gasteiger partial charge is 0.246 e. The summed E-state index contributed by atoms with van der Waals surface area (Å²) in [6.07, 6.45) is 0. The molecule has 0 heterocycles. The Balaban J connectivity index is 3.23. The van der Waals surface area contributed by atoms with Crippen LogP contribution in [0.2, 0.25) is 0 Å². The number of rotatable bonds is 13. The van der Waals surface area contributed by atoms with Crippen molar-refractivity contribution in [1.82, 2.24) is 10.6 Å². The summed E-state index contributed by atoms with van der Waals surface area (Å²) in [5.74, 6) is -0.401. The maximum absolute atomic E-state index is 11.3. The van der Waals surface area contributed by atoms with E-state index in [1.807, 2.05) is 0 Å². The molecule has 8 heteroatoms. The van der Waals surface area contributed by atoms with Gasteiger partial charge in [-0.2, -0.15) is 0 Å². The van der Waals surface area contributed by atoms with Crippen LogP contribution in [-0.2, 0) is 28.6 Å². The van der Waals surface area contributed by atoms with Crippen LogP contribution in [0, 0.1) is 0 Å². The highest BCUT2D eigenvalue weighted by Gasteiger charge is 2.01. The first-order chi connectivity index (χ1) is 10.0. The molecule has 0 spiro atoms. The lowest BCUT2D eigenvalue weighted by Gasteiger charge is -2.07. The molecule has 0 atom stereocenters. The quantitative estimate of drug-likeness (QED) is 0.418. The van der Waals surface area contributed by atoms with Crippen LogP contribution in [0.4, 0.5) is 0 Å². The van der Waals surface area contributed by atoms with E-state index in [1.54, 1.807) is 0 Å². The summed E-state index contributed by atoms with van der Waals surface area (Å²) in [5, 5.41) is 5.18. The van der Waals surface area contributed by atoms with Gasteiger partial charge in [-0.3, -0.25) is 14.4 Å². The van der Waals surface area contributed by atoms with Gasteiger partial charge in [-0.1, -0.05) is 0 Å². The number of Topliss-reactive ketones (excluding diaryl/α,β-unsaturated/α-hetero) is 1. The second-order valence-electron chi connectivity index (χ2n) is 4.25. The second-order valence-corrected chi connectivity index (χ2v) is 4.25. The lowest BCUT2D eigenvalue weighted by Crippen LogP contribution is -2.31. The molecule has 0 aromatic heterocycles. The molecule has 0 aliphatic heterocycles. The molecule has 0 unspecified atom stereocenters. The average molecular weight is 304 g/mol. The summed E-state index contributed by atoms with van der Waals surface area (Å²) >= 11 is 0. The second kappa shape index (κ2) is 13.5. The topological polar surface area (TPSA) is 103 Å². The van der Waals surface area contributed by atoms with Crippen molar-refractivity contribution < 1.29 is 28.6 Å². The van der Waals surface area contributed by atoms with Gasteiger partial charge in [0.25, 0.3) is 0 Å². The van der Waals surface area contributed by atoms with Gasteiger partial charge in [-0.15, -0.1) is 0 Å². The van der Waals surface area contributed by atoms with E-state index >= 15 is 0 Å². The maximum Gasteiger partial charge on any atom is 0.246 e. The zero-order valence-corrected chi connectivity index (χ0v) is 12.6. The maximum atomic E-state index is 11.3. The highest BCUT2D eigenvalue weighted by molar-refractivity contribution is 5.77. The van der Waals surface area contributed by atoms with Crippen molar-refractivity contribution in [2.45, 2.75) is 13.8 Å². The molecular formula is C13H24N2O6. The molecule has 0 saturated heterocycles. The van der Waals surface area contributed by atoms with Crippen molar-refractivity contribution in [3.05, 3.63) is 0 Å². The first kappa shape index (κ1) is 19.5. The molecule has 122 valence electrons. The van der Waals surface area contributed by atoms with E-state index in [9.17, 15) is 14.4 Å². The Hall–Kier alpha value is -1.51. The Morgan fingerprint density at radius 2 is 1.33 bits per heavy atom. The molecule has 21 heavy (non-hydrogen) atoms. The van der Waals surface area contributed by atoms with Crippen molar-refractivity contribution in [1.29, 1.82) is 0 Å². The average Bonchev–Trinajstić information content (AvgIpc) is 2.40. The molecular weight excluding hydrogens is 280 g/mol. The lowest BCUT2D eigenvalue weighted by molar-refractivity contribution is -0.126. The van der Waals surface area contributed by atoms with Crippen LogP contribution in [0.1, 0.15) is 13.8 Å². The summed E-state index contributed by atoms with van der Waals surface area (Å²) in [6, 6.07) is 0. The predicted octanol–water partition coefficient (Wildman–Crippen LogP) is -1.12. The third-order valence-electron chi connectivity index (χ3n) is 2.10. The van der Waals surface area contributed by atoms with Crippen LogP contribution in [-0.4, -0.2) is 70.3 Å². The Kier molecular flexibility index (Phi) is 12.5. The first-order valence-corrected chi connectivity index (χ1v) is 6.76. The number of ether oxygens (including phenoxy) is 3. The summed E-state index contributed by atoms with van der Waals surface area (Å²) < 4.78 is 15.3. The number of hydrogen-bond acceptors (Lipinski definition) is 6. The van der Waals surface area contributed by atoms with E-state index < -0.39 is 0 Å². The monoisotopic (exact) mass is 304 g/mol. The number of nitrogens with one attached hydrogen (secondary N) is 2. The van der Waals surface area contributed by atoms with E-state index in [0.717, 1.165) is 0 Å². The Labute approximate surface area is 124 Å². The van der Waals surface area contributed by atoms with Gasteiger partial charge in [0.15, 0.2) is 5.78 Å². The fourth-order valence-corrected chi connectivity index (χ4v) is 1.21. The first-order valence-electron chi connectivity index (χ1n) is 6.76. The zero-order valence-electron chi connectivity index (χ0n) is 12.6. The molecule has 0 fully saturated rings. The molecule has 0 aliphatic carbocycles. The van der Waals surface area contributed by atoms with Gasteiger partial charge in [0.2, 0.25) is 11.8 Å². The third-order valence-corrected chi connectivity index (χ3v) is 2.10. The van der Waals surface area contributed by atoms with E-state index in [0.29, 0.717) is 32.9 Å². The highest BCUT2D eigenvalue weighted by Crippen LogP contribution is 1.80. The summed E-state index contributed by atoms with van der Waals surface area (Å²) in [7, 11) is 0. The van der Waals surface area contributed by atoms with Crippen molar-refractivity contribution in [2.24, 2.45) is 0 Å². The van der Waals surface area contributed by atoms with Gasteiger partial charge in [0, 0.05) is 20.0 Å². The zero-order chi connectivity index (χ0) is 15.9. The summed E-state index contributed by atoms with van der Waals surface area (Å²) in [5.41, 5.74) is 0. The molecule has 0 aromatic rings. The van der Waals surface area contributed by atoms with E-state index in [-0.39, 0.29) is 37.4 Å². The van der Waals surface area contributed by atoms with Gasteiger partial charge in [0.1, 0.15) is 13.2 Å². The molecule has 0 radical (unpaired) electrons. The number of amides is 2. The van der Waals surface area contributed by atoms with Crippen LogP contribution in [0.25, 0.3) is 0 Å². The van der Waals surface area contributed by atoms with Crippen LogP contribution in [0.5, 0.6) is 0 Å². The number of hydrogen-bond donors (Lipinski definition) is 2. The lowest BCUT2D eigenvalue weighted by atomic mass is 10.5. The number of ketones is 1. The minimum Gasteiger partial charge on any atom is -0.377 e. The normalized spacial score (nSPS) is 10.2. The van der Waals surface area contributed by atoms with Gasteiger partial charge >= 0.3 is 0 Å². The molecule has 0 rings (SSSR count). The van der Waals surface area contributed by atoms with Crippen molar-refractivity contribution in [3.63, 3.8) is 0 Å². The van der Waals surface area contributed by atoms with Crippen LogP contribution >= 0.6 is 0 Å². The highest BCUT2D eigenvalue weighted by atomic mass is 16.5. The van der Waals surface area contributed by atoms with Crippen molar-refractivity contribution in [3.8, 4) is 0 Å². The van der Waals surface area contributed by atoms with Crippen LogP contribution in [0.15, 0.2) is 0 Å². The number of carbonyl (C=O) groups is 3. The van der Waals surface area contributed by atoms with Crippen LogP contribution < -0.4 is 10.6 Å². The summed E-state index contributed by atoms with van der Waals surface area (Å²) in [4.78, 5) is 32.4. The van der Waals surface area contributed by atoms with Gasteiger partial charge in [0.05, 0.1) is 26.4 Å². The van der Waals surface area contributed by atoms with Crippen molar-refractivity contribution in [2.75, 3.05) is 52.7 Å². The van der Waals surface area contributed by atoms with Gasteiger partial charge in [-0.25, -0.2) is 0 Å². The number of carbonyl (C=O) groups excluding carboxylic acids is 3. The predicted molar refractivity (Wildman–Crippen MR) is 74.8 cm³/mol. The molecule has 0 bridgehead atoms. The minimum atomic E-state index is -0.250. The largest absolute Gasteiger partial charge is 0.377 e. The van der Waals surface area contributed by atoms with E-state index in [1.165, 1.54) is 13.8 Å². The Bertz CT molecular complexity index is 322. The minimum absolute atomic E-state index is 0.0526. The third kappa shape index (κ3) is 16.4. The van der Waals surface area contributed by atoms with Gasteiger partial charge < -0.3 is 24.8 Å². The standard InChI is InChI=1S/C13H24N2O6/c1-11(16)9-20-6-4-15-13(18)10-21-8-7-19-5-3-14-12(2)17/h3-10H2,1-2H3,(H,14,17)(H,15,18). The molecule has 0 aliphatic rings. The molecule has 0 saturated carbocycles. The molecule has 0 aromatic carbocycles. The Morgan fingerprint density at radius 3 is 2.00 bits per heavy atom.